The minimum Gasteiger partial charge on any atom is -0.484 e. The van der Waals surface area contributed by atoms with Gasteiger partial charge in [-0.2, -0.15) is 0 Å². The van der Waals surface area contributed by atoms with Gasteiger partial charge in [0, 0.05) is 0 Å². The lowest BCUT2D eigenvalue weighted by atomic mass is 10.0. The number of nitrogens with one attached hydrogen (secondary N) is 3. The second-order valence-corrected chi connectivity index (χ2v) is 7.36. The molecule has 0 aliphatic heterocycles. The second kappa shape index (κ2) is 10.5. The zero-order chi connectivity index (χ0) is 23.1. The predicted molar refractivity (Wildman–Crippen MR) is 110 cm³/mol. The van der Waals surface area contributed by atoms with Gasteiger partial charge in [-0.3, -0.25) is 25.2 Å². The highest BCUT2D eigenvalue weighted by molar-refractivity contribution is 5.98. The number of amides is 3. The Labute approximate surface area is 179 Å². The molecule has 3 N–H and O–H groups in total. The Morgan fingerprint density at radius 2 is 1.61 bits per heavy atom. The minimum absolute atomic E-state index is 0.345. The molecule has 0 fully saturated rings. The highest BCUT2D eigenvalue weighted by Crippen LogP contribution is 2.16. The van der Waals surface area contributed by atoms with Gasteiger partial charge in [-0.15, -0.1) is 0 Å². The number of rotatable bonds is 7. The van der Waals surface area contributed by atoms with Crippen molar-refractivity contribution in [3.8, 4) is 5.75 Å². The number of ether oxygens (including phenoxy) is 1. The number of hydrazine groups is 1. The molecule has 0 aromatic heterocycles. The van der Waals surface area contributed by atoms with Gasteiger partial charge >= 0.3 is 0 Å². The van der Waals surface area contributed by atoms with Crippen LogP contribution in [-0.2, 0) is 9.59 Å². The normalized spacial score (nSPS) is 11.6. The van der Waals surface area contributed by atoms with Gasteiger partial charge < -0.3 is 10.1 Å². The van der Waals surface area contributed by atoms with E-state index in [9.17, 15) is 23.2 Å². The van der Waals surface area contributed by atoms with Crippen molar-refractivity contribution in [3.63, 3.8) is 0 Å². The van der Waals surface area contributed by atoms with Crippen LogP contribution in [0.1, 0.15) is 35.3 Å². The summed E-state index contributed by atoms with van der Waals surface area (Å²) in [6, 6.07) is 7.24. The Balaban J connectivity index is 1.92. The summed E-state index contributed by atoms with van der Waals surface area (Å²) in [5, 5.41) is 2.29. The van der Waals surface area contributed by atoms with Crippen LogP contribution in [0.5, 0.6) is 5.75 Å². The van der Waals surface area contributed by atoms with E-state index in [1.54, 1.807) is 26.0 Å². The SMILES string of the molecule is Cc1ccc(OCC(=O)NNC(=O)C(NC(=O)c2c(F)cccc2F)C(C)C)cc1C. The lowest BCUT2D eigenvalue weighted by molar-refractivity contribution is -0.131. The first kappa shape index (κ1) is 23.8. The molecule has 0 saturated carbocycles. The molecule has 2 rings (SSSR count). The summed E-state index contributed by atoms with van der Waals surface area (Å²) in [6.45, 7) is 6.78. The number of aryl methyl sites for hydroxylation is 2. The van der Waals surface area contributed by atoms with Crippen molar-refractivity contribution in [2.75, 3.05) is 6.61 Å². The summed E-state index contributed by atoms with van der Waals surface area (Å²) >= 11 is 0. The van der Waals surface area contributed by atoms with Crippen LogP contribution in [-0.4, -0.2) is 30.4 Å². The summed E-state index contributed by atoms with van der Waals surface area (Å²) in [5.41, 5.74) is 5.68. The fourth-order valence-electron chi connectivity index (χ4n) is 2.66. The molecule has 0 heterocycles. The van der Waals surface area contributed by atoms with E-state index in [-0.39, 0.29) is 6.61 Å². The van der Waals surface area contributed by atoms with E-state index in [0.29, 0.717) is 5.75 Å². The lowest BCUT2D eigenvalue weighted by Crippen LogP contribution is -2.55. The highest BCUT2D eigenvalue weighted by atomic mass is 19.1. The van der Waals surface area contributed by atoms with Crippen molar-refractivity contribution in [1.29, 1.82) is 0 Å². The predicted octanol–water partition coefficient (Wildman–Crippen LogP) is 2.56. The number of benzene rings is 2. The number of carbonyl (C=O) groups is 3. The molecule has 9 heteroatoms. The van der Waals surface area contributed by atoms with E-state index in [4.69, 9.17) is 4.74 Å². The molecule has 31 heavy (non-hydrogen) atoms. The zero-order valence-electron chi connectivity index (χ0n) is 17.7. The average molecular weight is 433 g/mol. The van der Waals surface area contributed by atoms with E-state index < -0.39 is 46.9 Å². The summed E-state index contributed by atoms with van der Waals surface area (Å²) in [6.07, 6.45) is 0. The zero-order valence-corrected chi connectivity index (χ0v) is 17.7. The summed E-state index contributed by atoms with van der Waals surface area (Å²) in [5.74, 6) is -4.46. The second-order valence-electron chi connectivity index (χ2n) is 7.36. The third kappa shape index (κ3) is 6.50. The first-order chi connectivity index (χ1) is 14.6. The van der Waals surface area contributed by atoms with Gasteiger partial charge in [0.15, 0.2) is 6.61 Å². The van der Waals surface area contributed by atoms with Crippen LogP contribution in [0.2, 0.25) is 0 Å². The number of halogens is 2. The van der Waals surface area contributed by atoms with Crippen molar-refractivity contribution in [2.24, 2.45) is 5.92 Å². The molecule has 0 spiro atoms. The van der Waals surface area contributed by atoms with E-state index in [2.05, 4.69) is 16.2 Å². The fourth-order valence-corrected chi connectivity index (χ4v) is 2.66. The standard InChI is InChI=1S/C22H25F2N3O4/c1-12(2)20(25-21(29)19-16(23)6-5-7-17(19)24)22(30)27-26-18(28)11-31-15-9-8-13(3)14(4)10-15/h5-10,12,20H,11H2,1-4H3,(H,25,29)(H,26,28)(H,27,30). The van der Waals surface area contributed by atoms with Gasteiger partial charge in [0.25, 0.3) is 17.7 Å². The van der Waals surface area contributed by atoms with Crippen molar-refractivity contribution in [1.82, 2.24) is 16.2 Å². The molecule has 1 atom stereocenters. The van der Waals surface area contributed by atoms with E-state index in [1.165, 1.54) is 0 Å². The molecular formula is C22H25F2N3O4. The topological polar surface area (TPSA) is 96.5 Å². The summed E-state index contributed by atoms with van der Waals surface area (Å²) in [7, 11) is 0. The molecule has 7 nitrogen and oxygen atoms in total. The van der Waals surface area contributed by atoms with Crippen molar-refractivity contribution < 1.29 is 27.9 Å². The van der Waals surface area contributed by atoms with Crippen LogP contribution in [0.25, 0.3) is 0 Å². The van der Waals surface area contributed by atoms with Crippen LogP contribution in [0.15, 0.2) is 36.4 Å². The number of hydrogen-bond acceptors (Lipinski definition) is 4. The van der Waals surface area contributed by atoms with E-state index in [0.717, 1.165) is 29.3 Å². The van der Waals surface area contributed by atoms with Crippen molar-refractivity contribution >= 4 is 17.7 Å². The van der Waals surface area contributed by atoms with Gasteiger partial charge in [-0.05, 0) is 55.2 Å². The maximum atomic E-state index is 13.8. The smallest absolute Gasteiger partial charge is 0.276 e. The Morgan fingerprint density at radius 1 is 0.968 bits per heavy atom. The number of carbonyl (C=O) groups excluding carboxylic acids is 3. The molecule has 0 radical (unpaired) electrons. The maximum Gasteiger partial charge on any atom is 0.276 e. The Bertz CT molecular complexity index is 959. The molecule has 3 amide bonds. The van der Waals surface area contributed by atoms with Crippen molar-refractivity contribution in [3.05, 3.63) is 64.7 Å². The molecular weight excluding hydrogens is 408 g/mol. The van der Waals surface area contributed by atoms with Crippen LogP contribution in [0.4, 0.5) is 8.78 Å². The van der Waals surface area contributed by atoms with Gasteiger partial charge in [0.05, 0.1) is 0 Å². The molecule has 2 aromatic carbocycles. The fraction of sp³-hybridized carbons (Fsp3) is 0.318. The van der Waals surface area contributed by atoms with Crippen LogP contribution < -0.4 is 20.9 Å². The summed E-state index contributed by atoms with van der Waals surface area (Å²) < 4.78 is 33.0. The average Bonchev–Trinajstić information content (AvgIpc) is 2.70. The maximum absolute atomic E-state index is 13.8. The third-order valence-corrected chi connectivity index (χ3v) is 4.60. The lowest BCUT2D eigenvalue weighted by Gasteiger charge is -2.22. The van der Waals surface area contributed by atoms with Crippen LogP contribution in [0.3, 0.4) is 0 Å². The number of hydrogen-bond donors (Lipinski definition) is 3. The molecule has 0 aliphatic rings. The molecule has 1 unspecified atom stereocenters. The van der Waals surface area contributed by atoms with Gasteiger partial charge in [0.2, 0.25) is 0 Å². The highest BCUT2D eigenvalue weighted by Gasteiger charge is 2.27. The van der Waals surface area contributed by atoms with Gasteiger partial charge in [0.1, 0.15) is 29.0 Å². The Hall–Kier alpha value is -3.49. The van der Waals surface area contributed by atoms with Crippen LogP contribution in [0, 0.1) is 31.4 Å². The Morgan fingerprint density at radius 3 is 2.19 bits per heavy atom. The Kier molecular flexibility index (Phi) is 8.07. The molecule has 2 aromatic rings. The third-order valence-electron chi connectivity index (χ3n) is 4.60. The molecule has 166 valence electrons. The first-order valence-corrected chi connectivity index (χ1v) is 9.63. The van der Waals surface area contributed by atoms with Crippen LogP contribution >= 0.6 is 0 Å². The molecule has 0 aliphatic carbocycles. The van der Waals surface area contributed by atoms with E-state index in [1.807, 2.05) is 19.9 Å². The summed E-state index contributed by atoms with van der Waals surface area (Å²) in [4.78, 5) is 36.7. The van der Waals surface area contributed by atoms with Crippen molar-refractivity contribution in [2.45, 2.75) is 33.7 Å². The van der Waals surface area contributed by atoms with Gasteiger partial charge in [-0.1, -0.05) is 26.0 Å². The minimum atomic E-state index is -1.15. The quantitative estimate of drug-likeness (QED) is 0.585. The molecule has 0 saturated heterocycles. The first-order valence-electron chi connectivity index (χ1n) is 9.63. The largest absolute Gasteiger partial charge is 0.484 e. The van der Waals surface area contributed by atoms with E-state index >= 15 is 0 Å². The monoisotopic (exact) mass is 433 g/mol. The molecule has 0 bridgehead atoms. The van der Waals surface area contributed by atoms with Gasteiger partial charge in [-0.25, -0.2) is 8.78 Å².